The van der Waals surface area contributed by atoms with E-state index < -0.39 is 0 Å². The number of urea groups is 1. The van der Waals surface area contributed by atoms with Crippen molar-refractivity contribution in [3.05, 3.63) is 66.5 Å². The standard InChI is InChI=1S/C21H24N4O3/c1-4-28-19-11-10-16(14-20(19)27-3)15(2)23-21(26)24-17-8-5-6-9-18(17)25-13-7-12-22-25/h5-15H,4H2,1-3H3,(H2,23,24,26)/t15-/m0/s1. The second-order valence-electron chi connectivity index (χ2n) is 6.13. The number of para-hydroxylation sites is 2. The molecule has 3 aromatic rings. The van der Waals surface area contributed by atoms with Gasteiger partial charge in [-0.05, 0) is 49.7 Å². The van der Waals surface area contributed by atoms with E-state index in [1.54, 1.807) is 18.0 Å². The van der Waals surface area contributed by atoms with Crippen molar-refractivity contribution >= 4 is 11.7 Å². The molecule has 1 heterocycles. The Morgan fingerprint density at radius 2 is 2.00 bits per heavy atom. The summed E-state index contributed by atoms with van der Waals surface area (Å²) in [5.74, 6) is 1.32. The summed E-state index contributed by atoms with van der Waals surface area (Å²) in [7, 11) is 1.60. The first kappa shape index (κ1) is 19.3. The summed E-state index contributed by atoms with van der Waals surface area (Å²) in [6.45, 7) is 4.39. The largest absolute Gasteiger partial charge is 0.493 e. The van der Waals surface area contributed by atoms with E-state index in [0.29, 0.717) is 23.8 Å². The fourth-order valence-corrected chi connectivity index (χ4v) is 2.86. The van der Waals surface area contributed by atoms with Gasteiger partial charge in [0.1, 0.15) is 0 Å². The molecular formula is C21H24N4O3. The van der Waals surface area contributed by atoms with E-state index >= 15 is 0 Å². The van der Waals surface area contributed by atoms with Gasteiger partial charge in [-0.25, -0.2) is 9.48 Å². The highest BCUT2D eigenvalue weighted by molar-refractivity contribution is 5.91. The number of carbonyl (C=O) groups is 1. The maximum absolute atomic E-state index is 12.5. The Morgan fingerprint density at radius 3 is 2.71 bits per heavy atom. The van der Waals surface area contributed by atoms with E-state index in [4.69, 9.17) is 9.47 Å². The molecule has 2 aromatic carbocycles. The molecule has 146 valence electrons. The maximum Gasteiger partial charge on any atom is 0.319 e. The lowest BCUT2D eigenvalue weighted by atomic mass is 10.1. The molecule has 0 spiro atoms. The number of aromatic nitrogens is 2. The highest BCUT2D eigenvalue weighted by Gasteiger charge is 2.14. The van der Waals surface area contributed by atoms with Crippen LogP contribution in [0.15, 0.2) is 60.9 Å². The molecule has 1 aromatic heterocycles. The first-order valence-corrected chi connectivity index (χ1v) is 9.09. The van der Waals surface area contributed by atoms with Gasteiger partial charge < -0.3 is 20.1 Å². The first-order valence-electron chi connectivity index (χ1n) is 9.09. The van der Waals surface area contributed by atoms with Gasteiger partial charge in [-0.1, -0.05) is 18.2 Å². The average molecular weight is 380 g/mol. The number of nitrogens with zero attached hydrogens (tertiary/aromatic N) is 2. The molecule has 7 heteroatoms. The van der Waals surface area contributed by atoms with Gasteiger partial charge in [0.25, 0.3) is 0 Å². The van der Waals surface area contributed by atoms with Crippen molar-refractivity contribution in [3.8, 4) is 17.2 Å². The Morgan fingerprint density at radius 1 is 1.18 bits per heavy atom. The molecule has 0 saturated carbocycles. The minimum Gasteiger partial charge on any atom is -0.493 e. The van der Waals surface area contributed by atoms with Crippen LogP contribution in [-0.2, 0) is 0 Å². The van der Waals surface area contributed by atoms with Crippen LogP contribution in [-0.4, -0.2) is 29.5 Å². The molecule has 0 aliphatic carbocycles. The Bertz CT molecular complexity index is 925. The highest BCUT2D eigenvalue weighted by atomic mass is 16.5. The molecule has 28 heavy (non-hydrogen) atoms. The lowest BCUT2D eigenvalue weighted by molar-refractivity contribution is 0.249. The van der Waals surface area contributed by atoms with E-state index in [9.17, 15) is 4.79 Å². The quantitative estimate of drug-likeness (QED) is 0.645. The molecule has 0 aliphatic heterocycles. The van der Waals surface area contributed by atoms with Crippen molar-refractivity contribution in [1.82, 2.24) is 15.1 Å². The number of hydrogen-bond donors (Lipinski definition) is 2. The fraction of sp³-hybridized carbons (Fsp3) is 0.238. The van der Waals surface area contributed by atoms with E-state index in [1.807, 2.05) is 68.6 Å². The topological polar surface area (TPSA) is 77.4 Å². The number of rotatable bonds is 7. The summed E-state index contributed by atoms with van der Waals surface area (Å²) in [6, 6.07) is 14.4. The van der Waals surface area contributed by atoms with E-state index in [-0.39, 0.29) is 12.1 Å². The summed E-state index contributed by atoms with van der Waals surface area (Å²) in [5.41, 5.74) is 2.37. The zero-order valence-corrected chi connectivity index (χ0v) is 16.2. The van der Waals surface area contributed by atoms with Crippen LogP contribution in [0.3, 0.4) is 0 Å². The molecule has 0 radical (unpaired) electrons. The van der Waals surface area contributed by atoms with Crippen LogP contribution in [0.25, 0.3) is 5.69 Å². The van der Waals surface area contributed by atoms with Gasteiger partial charge in [0.05, 0.1) is 31.1 Å². The molecule has 2 N–H and O–H groups in total. The van der Waals surface area contributed by atoms with Gasteiger partial charge in [-0.2, -0.15) is 5.10 Å². The molecule has 0 saturated heterocycles. The molecule has 7 nitrogen and oxygen atoms in total. The molecule has 2 amide bonds. The lowest BCUT2D eigenvalue weighted by Gasteiger charge is -2.18. The number of nitrogens with one attached hydrogen (secondary N) is 2. The van der Waals surface area contributed by atoms with Crippen molar-refractivity contribution in [2.24, 2.45) is 0 Å². The SMILES string of the molecule is CCOc1ccc([C@H](C)NC(=O)Nc2ccccc2-n2cccn2)cc1OC. The third-order valence-electron chi connectivity index (χ3n) is 4.24. The summed E-state index contributed by atoms with van der Waals surface area (Å²) in [6.07, 6.45) is 3.52. The predicted octanol–water partition coefficient (Wildman–Crippen LogP) is 4.16. The molecule has 0 aliphatic rings. The number of amides is 2. The minimum atomic E-state index is -0.306. The van der Waals surface area contributed by atoms with Gasteiger partial charge >= 0.3 is 6.03 Å². The van der Waals surface area contributed by atoms with Gasteiger partial charge in [-0.15, -0.1) is 0 Å². The summed E-state index contributed by atoms with van der Waals surface area (Å²) in [4.78, 5) is 12.5. The zero-order chi connectivity index (χ0) is 19.9. The van der Waals surface area contributed by atoms with Crippen LogP contribution in [0.4, 0.5) is 10.5 Å². The second kappa shape index (κ2) is 8.94. The number of carbonyl (C=O) groups excluding carboxylic acids is 1. The van der Waals surface area contributed by atoms with Crippen molar-refractivity contribution in [1.29, 1.82) is 0 Å². The normalized spacial score (nSPS) is 11.5. The monoisotopic (exact) mass is 380 g/mol. The van der Waals surface area contributed by atoms with E-state index in [1.165, 1.54) is 0 Å². The Labute approximate surface area is 164 Å². The molecule has 0 bridgehead atoms. The van der Waals surface area contributed by atoms with E-state index in [2.05, 4.69) is 15.7 Å². The first-order chi connectivity index (χ1) is 13.6. The van der Waals surface area contributed by atoms with Gasteiger partial charge in [0, 0.05) is 12.4 Å². The molecular weight excluding hydrogens is 356 g/mol. The van der Waals surface area contributed by atoms with Crippen LogP contribution in [0.1, 0.15) is 25.5 Å². The molecule has 0 fully saturated rings. The van der Waals surface area contributed by atoms with Crippen LogP contribution in [0, 0.1) is 0 Å². The van der Waals surface area contributed by atoms with Crippen LogP contribution in [0.5, 0.6) is 11.5 Å². The third kappa shape index (κ3) is 4.43. The molecule has 0 unspecified atom stereocenters. The Balaban J connectivity index is 1.70. The van der Waals surface area contributed by atoms with E-state index in [0.717, 1.165) is 11.3 Å². The average Bonchev–Trinajstić information content (AvgIpc) is 3.23. The van der Waals surface area contributed by atoms with Crippen LogP contribution in [0.2, 0.25) is 0 Å². The second-order valence-corrected chi connectivity index (χ2v) is 6.13. The summed E-state index contributed by atoms with van der Waals surface area (Å²) in [5, 5.41) is 10.1. The van der Waals surface area contributed by atoms with Gasteiger partial charge in [0.2, 0.25) is 0 Å². The number of benzene rings is 2. The minimum absolute atomic E-state index is 0.221. The smallest absolute Gasteiger partial charge is 0.319 e. The van der Waals surface area contributed by atoms with Crippen LogP contribution >= 0.6 is 0 Å². The third-order valence-corrected chi connectivity index (χ3v) is 4.24. The van der Waals surface area contributed by atoms with Crippen molar-refractivity contribution < 1.29 is 14.3 Å². The maximum atomic E-state index is 12.5. The number of ether oxygens (including phenoxy) is 2. The lowest BCUT2D eigenvalue weighted by Crippen LogP contribution is -2.31. The van der Waals surface area contributed by atoms with Crippen molar-refractivity contribution in [2.45, 2.75) is 19.9 Å². The number of anilines is 1. The number of methoxy groups -OCH3 is 1. The van der Waals surface area contributed by atoms with Crippen molar-refractivity contribution in [2.75, 3.05) is 19.0 Å². The Kier molecular flexibility index (Phi) is 6.16. The predicted molar refractivity (Wildman–Crippen MR) is 108 cm³/mol. The van der Waals surface area contributed by atoms with Gasteiger partial charge in [0.15, 0.2) is 11.5 Å². The van der Waals surface area contributed by atoms with Crippen LogP contribution < -0.4 is 20.1 Å². The highest BCUT2D eigenvalue weighted by Crippen LogP contribution is 2.30. The number of hydrogen-bond acceptors (Lipinski definition) is 4. The zero-order valence-electron chi connectivity index (χ0n) is 16.2. The van der Waals surface area contributed by atoms with Gasteiger partial charge in [-0.3, -0.25) is 0 Å². The summed E-state index contributed by atoms with van der Waals surface area (Å²) < 4.78 is 12.6. The molecule has 1 atom stereocenters. The Hall–Kier alpha value is -3.48. The van der Waals surface area contributed by atoms with Crippen molar-refractivity contribution in [3.63, 3.8) is 0 Å². The summed E-state index contributed by atoms with van der Waals surface area (Å²) >= 11 is 0. The molecule has 3 rings (SSSR count). The fourth-order valence-electron chi connectivity index (χ4n) is 2.86.